The fourth-order valence-electron chi connectivity index (χ4n) is 2.33. The fraction of sp³-hybridized carbons (Fsp3) is 0.500. The Kier molecular flexibility index (Phi) is 4.66. The van der Waals surface area contributed by atoms with Crippen LogP contribution in [0.25, 0.3) is 0 Å². The van der Waals surface area contributed by atoms with E-state index in [1.165, 1.54) is 7.11 Å². The molecule has 4 nitrogen and oxygen atoms in total. The van der Waals surface area contributed by atoms with Gasteiger partial charge in [-0.25, -0.2) is 0 Å². The quantitative estimate of drug-likeness (QED) is 0.925. The summed E-state index contributed by atoms with van der Waals surface area (Å²) in [5, 5.41) is 9.66. The van der Waals surface area contributed by atoms with Gasteiger partial charge in [0.25, 0.3) is 5.91 Å². The number of nitrogens with zero attached hydrogens (tertiary/aromatic N) is 1. The molecule has 0 saturated carbocycles. The number of benzene rings is 1. The van der Waals surface area contributed by atoms with Crippen LogP contribution in [0.1, 0.15) is 23.2 Å². The number of rotatable bonds is 3. The van der Waals surface area contributed by atoms with Crippen LogP contribution in [0.15, 0.2) is 18.2 Å². The van der Waals surface area contributed by atoms with E-state index >= 15 is 0 Å². The Morgan fingerprint density at radius 3 is 2.74 bits per heavy atom. The average Bonchev–Trinajstić information content (AvgIpc) is 2.46. The summed E-state index contributed by atoms with van der Waals surface area (Å²) < 4.78 is 5.21. The maximum absolute atomic E-state index is 12.4. The molecule has 0 bridgehead atoms. The first kappa shape index (κ1) is 14.2. The number of aliphatic hydroxyl groups excluding tert-OH is 1. The zero-order chi connectivity index (χ0) is 13.8. The van der Waals surface area contributed by atoms with Gasteiger partial charge < -0.3 is 14.7 Å². The van der Waals surface area contributed by atoms with Crippen molar-refractivity contribution in [2.45, 2.75) is 12.8 Å². The van der Waals surface area contributed by atoms with Crippen LogP contribution in [0.3, 0.4) is 0 Å². The van der Waals surface area contributed by atoms with Crippen molar-refractivity contribution in [2.24, 2.45) is 5.92 Å². The van der Waals surface area contributed by atoms with Crippen LogP contribution in [-0.2, 0) is 0 Å². The molecule has 1 aliphatic rings. The maximum Gasteiger partial charge on any atom is 0.257 e. The lowest BCUT2D eigenvalue weighted by Gasteiger charge is -2.31. The Morgan fingerprint density at radius 1 is 1.47 bits per heavy atom. The third-order valence-electron chi connectivity index (χ3n) is 3.55. The van der Waals surface area contributed by atoms with E-state index in [-0.39, 0.29) is 12.5 Å². The lowest BCUT2D eigenvalue weighted by molar-refractivity contribution is 0.0647. The molecule has 1 aliphatic heterocycles. The monoisotopic (exact) mass is 283 g/mol. The van der Waals surface area contributed by atoms with Crippen LogP contribution in [0.2, 0.25) is 5.02 Å². The summed E-state index contributed by atoms with van der Waals surface area (Å²) in [4.78, 5) is 14.2. The van der Waals surface area contributed by atoms with Gasteiger partial charge in [0.05, 0.1) is 12.7 Å². The number of piperidine rings is 1. The first-order valence-electron chi connectivity index (χ1n) is 6.39. The largest absolute Gasteiger partial charge is 0.496 e. The minimum absolute atomic E-state index is 0.0371. The molecule has 0 spiro atoms. The van der Waals surface area contributed by atoms with Gasteiger partial charge in [-0.15, -0.1) is 0 Å². The predicted molar refractivity (Wildman–Crippen MR) is 73.7 cm³/mol. The van der Waals surface area contributed by atoms with E-state index in [0.29, 0.717) is 35.3 Å². The molecule has 1 aromatic rings. The molecule has 0 atom stereocenters. The number of carbonyl (C=O) groups excluding carboxylic acids is 1. The SMILES string of the molecule is COc1cc(Cl)ccc1C(=O)N1CCC(CO)CC1. The summed E-state index contributed by atoms with van der Waals surface area (Å²) in [7, 11) is 1.53. The highest BCUT2D eigenvalue weighted by Gasteiger charge is 2.25. The van der Waals surface area contributed by atoms with Crippen LogP contribution >= 0.6 is 11.6 Å². The summed E-state index contributed by atoms with van der Waals surface area (Å²) in [6, 6.07) is 5.04. The minimum Gasteiger partial charge on any atom is -0.496 e. The van der Waals surface area contributed by atoms with Crippen LogP contribution in [0, 0.1) is 5.92 Å². The Balaban J connectivity index is 2.12. The van der Waals surface area contributed by atoms with E-state index < -0.39 is 0 Å². The molecular weight excluding hydrogens is 266 g/mol. The Hall–Kier alpha value is -1.26. The highest BCUT2D eigenvalue weighted by atomic mass is 35.5. The van der Waals surface area contributed by atoms with Crippen molar-refractivity contribution in [3.63, 3.8) is 0 Å². The molecule has 0 unspecified atom stereocenters. The predicted octanol–water partition coefficient (Wildman–Crippen LogP) is 2.19. The molecule has 0 aromatic heterocycles. The zero-order valence-corrected chi connectivity index (χ0v) is 11.7. The van der Waals surface area contributed by atoms with Crippen molar-refractivity contribution in [1.29, 1.82) is 0 Å². The fourth-order valence-corrected chi connectivity index (χ4v) is 2.49. The summed E-state index contributed by atoms with van der Waals surface area (Å²) >= 11 is 5.89. The molecule has 0 radical (unpaired) electrons. The molecule has 1 heterocycles. The van der Waals surface area contributed by atoms with Gasteiger partial charge in [-0.2, -0.15) is 0 Å². The summed E-state index contributed by atoms with van der Waals surface area (Å²) in [5.74, 6) is 0.780. The molecular formula is C14H18ClNO3. The molecule has 1 fully saturated rings. The summed E-state index contributed by atoms with van der Waals surface area (Å²) in [6.07, 6.45) is 1.69. The standard InChI is InChI=1S/C14H18ClNO3/c1-19-13-8-11(15)2-3-12(13)14(18)16-6-4-10(9-17)5-7-16/h2-3,8,10,17H,4-7,9H2,1H3. The van der Waals surface area contributed by atoms with E-state index in [4.69, 9.17) is 21.4 Å². The Bertz CT molecular complexity index is 456. The topological polar surface area (TPSA) is 49.8 Å². The van der Waals surface area contributed by atoms with E-state index in [9.17, 15) is 4.79 Å². The summed E-state index contributed by atoms with van der Waals surface area (Å²) in [5.41, 5.74) is 0.536. The number of likely N-dealkylation sites (tertiary alicyclic amines) is 1. The molecule has 1 aromatic carbocycles. The van der Waals surface area contributed by atoms with Gasteiger partial charge >= 0.3 is 0 Å². The van der Waals surface area contributed by atoms with Crippen LogP contribution in [0.4, 0.5) is 0 Å². The zero-order valence-electron chi connectivity index (χ0n) is 10.9. The van der Waals surface area contributed by atoms with Crippen molar-refractivity contribution in [3.05, 3.63) is 28.8 Å². The minimum atomic E-state index is -0.0371. The van der Waals surface area contributed by atoms with Gasteiger partial charge in [-0.05, 0) is 37.0 Å². The van der Waals surface area contributed by atoms with Gasteiger partial charge in [-0.1, -0.05) is 11.6 Å². The van der Waals surface area contributed by atoms with E-state index in [2.05, 4.69) is 0 Å². The van der Waals surface area contributed by atoms with Gasteiger partial charge in [0, 0.05) is 24.7 Å². The number of aliphatic hydroxyl groups is 1. The molecule has 1 N–H and O–H groups in total. The molecule has 19 heavy (non-hydrogen) atoms. The second kappa shape index (κ2) is 6.26. The Morgan fingerprint density at radius 2 is 2.16 bits per heavy atom. The van der Waals surface area contributed by atoms with E-state index in [1.54, 1.807) is 23.1 Å². The maximum atomic E-state index is 12.4. The lowest BCUT2D eigenvalue weighted by Crippen LogP contribution is -2.39. The smallest absolute Gasteiger partial charge is 0.257 e. The van der Waals surface area contributed by atoms with Crippen molar-refractivity contribution < 1.29 is 14.6 Å². The third-order valence-corrected chi connectivity index (χ3v) is 3.79. The van der Waals surface area contributed by atoms with Gasteiger partial charge in [0.2, 0.25) is 0 Å². The first-order valence-corrected chi connectivity index (χ1v) is 6.77. The van der Waals surface area contributed by atoms with Crippen LogP contribution in [-0.4, -0.2) is 42.7 Å². The van der Waals surface area contributed by atoms with Gasteiger partial charge in [-0.3, -0.25) is 4.79 Å². The molecule has 2 rings (SSSR count). The number of ether oxygens (including phenoxy) is 1. The van der Waals surface area contributed by atoms with Crippen molar-refractivity contribution in [3.8, 4) is 5.75 Å². The van der Waals surface area contributed by atoms with Crippen LogP contribution < -0.4 is 4.74 Å². The molecule has 0 aliphatic carbocycles. The lowest BCUT2D eigenvalue weighted by atomic mass is 9.97. The van der Waals surface area contributed by atoms with Crippen molar-refractivity contribution in [1.82, 2.24) is 4.90 Å². The van der Waals surface area contributed by atoms with Crippen LogP contribution in [0.5, 0.6) is 5.75 Å². The molecule has 1 amide bonds. The van der Waals surface area contributed by atoms with Gasteiger partial charge in [0.15, 0.2) is 0 Å². The highest BCUT2D eigenvalue weighted by Crippen LogP contribution is 2.26. The average molecular weight is 284 g/mol. The molecule has 104 valence electrons. The first-order chi connectivity index (χ1) is 9.15. The number of methoxy groups -OCH3 is 1. The normalized spacial score (nSPS) is 16.5. The third kappa shape index (κ3) is 3.19. The van der Waals surface area contributed by atoms with Crippen molar-refractivity contribution in [2.75, 3.05) is 26.8 Å². The molecule has 5 heteroatoms. The van der Waals surface area contributed by atoms with E-state index in [0.717, 1.165) is 12.8 Å². The van der Waals surface area contributed by atoms with Crippen molar-refractivity contribution >= 4 is 17.5 Å². The number of amides is 1. The molecule has 1 saturated heterocycles. The second-order valence-electron chi connectivity index (χ2n) is 4.76. The highest BCUT2D eigenvalue weighted by molar-refractivity contribution is 6.30. The number of carbonyl (C=O) groups is 1. The van der Waals surface area contributed by atoms with Gasteiger partial charge in [0.1, 0.15) is 5.75 Å². The van der Waals surface area contributed by atoms with E-state index in [1.807, 2.05) is 0 Å². The number of hydrogen-bond donors (Lipinski definition) is 1. The number of hydrogen-bond acceptors (Lipinski definition) is 3. The summed E-state index contributed by atoms with van der Waals surface area (Å²) in [6.45, 7) is 1.55. The Labute approximate surface area is 117 Å². The number of halogens is 1. The second-order valence-corrected chi connectivity index (χ2v) is 5.20.